The second-order valence-corrected chi connectivity index (χ2v) is 2.97. The number of esters is 1. The molecule has 0 aromatic heterocycles. The zero-order valence-corrected chi connectivity index (χ0v) is 8.53. The molecule has 15 heavy (non-hydrogen) atoms. The SMILES string of the molecule is [B]c1cc(C(=O)OC)ccc1NC(C)=O. The molecule has 0 aliphatic rings. The average Bonchev–Trinajstić information content (AvgIpc) is 2.19. The Bertz CT molecular complexity index is 404. The highest BCUT2D eigenvalue weighted by Gasteiger charge is 2.07. The van der Waals surface area contributed by atoms with Crippen molar-refractivity contribution in [2.75, 3.05) is 12.4 Å². The highest BCUT2D eigenvalue weighted by Crippen LogP contribution is 2.07. The van der Waals surface area contributed by atoms with E-state index in [1.807, 2.05) is 0 Å². The predicted octanol–water partition coefficient (Wildman–Crippen LogP) is 0.225. The summed E-state index contributed by atoms with van der Waals surface area (Å²) in [7, 11) is 6.93. The minimum atomic E-state index is -0.462. The second kappa shape index (κ2) is 4.64. The first-order valence-corrected chi connectivity index (χ1v) is 4.30. The summed E-state index contributed by atoms with van der Waals surface area (Å²) in [5.41, 5.74) is 1.16. The largest absolute Gasteiger partial charge is 0.465 e. The third kappa shape index (κ3) is 2.84. The zero-order chi connectivity index (χ0) is 11.4. The number of rotatable bonds is 2. The standard InChI is InChI=1S/C10H10BNO3/c1-6(13)12-9-4-3-7(5-8(9)11)10(14)15-2/h3-5H,1-2H3,(H,12,13). The number of hydrogen-bond acceptors (Lipinski definition) is 3. The molecule has 5 heteroatoms. The minimum Gasteiger partial charge on any atom is -0.465 e. The van der Waals surface area contributed by atoms with Crippen molar-refractivity contribution < 1.29 is 14.3 Å². The fourth-order valence-electron chi connectivity index (χ4n) is 1.11. The van der Waals surface area contributed by atoms with Gasteiger partial charge in [-0.1, -0.05) is 11.5 Å². The highest BCUT2D eigenvalue weighted by atomic mass is 16.5. The van der Waals surface area contributed by atoms with Crippen LogP contribution in [-0.2, 0) is 9.53 Å². The van der Waals surface area contributed by atoms with Gasteiger partial charge in [0.1, 0.15) is 7.85 Å². The molecule has 1 aromatic rings. The van der Waals surface area contributed by atoms with E-state index in [-0.39, 0.29) is 5.91 Å². The fourth-order valence-corrected chi connectivity index (χ4v) is 1.11. The van der Waals surface area contributed by atoms with Crippen LogP contribution in [0.2, 0.25) is 0 Å². The zero-order valence-electron chi connectivity index (χ0n) is 8.53. The Labute approximate surface area is 89.0 Å². The maximum absolute atomic E-state index is 11.1. The normalized spacial score (nSPS) is 9.47. The molecule has 0 spiro atoms. The van der Waals surface area contributed by atoms with Crippen LogP contribution < -0.4 is 10.8 Å². The lowest BCUT2D eigenvalue weighted by molar-refractivity contribution is -0.114. The molecule has 0 bridgehead atoms. The number of amides is 1. The number of ether oxygens (including phenoxy) is 1. The summed E-state index contributed by atoms with van der Waals surface area (Å²) in [6.45, 7) is 1.38. The van der Waals surface area contributed by atoms with Crippen LogP contribution in [0.1, 0.15) is 17.3 Å². The lowest BCUT2D eigenvalue weighted by Gasteiger charge is -2.08. The summed E-state index contributed by atoms with van der Waals surface area (Å²) in [5, 5.41) is 2.54. The monoisotopic (exact) mass is 203 g/mol. The summed E-state index contributed by atoms with van der Waals surface area (Å²) in [6, 6.07) is 4.55. The maximum Gasteiger partial charge on any atom is 0.337 e. The number of hydrogen-bond donors (Lipinski definition) is 1. The Balaban J connectivity index is 2.97. The number of carbonyl (C=O) groups is 2. The number of methoxy groups -OCH3 is 1. The molecule has 0 aliphatic carbocycles. The predicted molar refractivity (Wildman–Crippen MR) is 57.5 cm³/mol. The molecular weight excluding hydrogens is 193 g/mol. The highest BCUT2D eigenvalue weighted by molar-refractivity contribution is 6.36. The topological polar surface area (TPSA) is 55.4 Å². The molecule has 76 valence electrons. The van der Waals surface area contributed by atoms with Crippen molar-refractivity contribution in [3.8, 4) is 0 Å². The molecule has 0 saturated heterocycles. The first kappa shape index (κ1) is 11.3. The third-order valence-electron chi connectivity index (χ3n) is 1.78. The first-order chi connectivity index (χ1) is 7.04. The Kier molecular flexibility index (Phi) is 3.49. The molecule has 1 N–H and O–H groups in total. The van der Waals surface area contributed by atoms with Gasteiger partial charge in [-0.05, 0) is 12.1 Å². The van der Waals surface area contributed by atoms with Crippen LogP contribution in [0, 0.1) is 0 Å². The molecule has 0 fully saturated rings. The lowest BCUT2D eigenvalue weighted by Crippen LogP contribution is -2.17. The van der Waals surface area contributed by atoms with Gasteiger partial charge in [-0.2, -0.15) is 0 Å². The fraction of sp³-hybridized carbons (Fsp3) is 0.200. The Morgan fingerprint density at radius 3 is 2.53 bits per heavy atom. The van der Waals surface area contributed by atoms with Crippen LogP contribution in [-0.4, -0.2) is 26.8 Å². The average molecular weight is 203 g/mol. The third-order valence-corrected chi connectivity index (χ3v) is 1.78. The summed E-state index contributed by atoms with van der Waals surface area (Å²) >= 11 is 0. The van der Waals surface area contributed by atoms with Crippen LogP contribution >= 0.6 is 0 Å². The van der Waals surface area contributed by atoms with Crippen molar-refractivity contribution in [3.63, 3.8) is 0 Å². The molecule has 0 unspecified atom stereocenters. The van der Waals surface area contributed by atoms with Crippen molar-refractivity contribution in [2.45, 2.75) is 6.92 Å². The van der Waals surface area contributed by atoms with Crippen LogP contribution in [0.3, 0.4) is 0 Å². The van der Waals surface area contributed by atoms with E-state index in [9.17, 15) is 9.59 Å². The number of anilines is 1. The van der Waals surface area contributed by atoms with Crippen LogP contribution in [0.15, 0.2) is 18.2 Å². The van der Waals surface area contributed by atoms with Gasteiger partial charge in [0.05, 0.1) is 12.7 Å². The Morgan fingerprint density at radius 1 is 1.40 bits per heavy atom. The van der Waals surface area contributed by atoms with Crippen LogP contribution in [0.4, 0.5) is 5.69 Å². The first-order valence-electron chi connectivity index (χ1n) is 4.30. The van der Waals surface area contributed by atoms with E-state index in [1.165, 1.54) is 26.2 Å². The summed E-state index contributed by atoms with van der Waals surface area (Å²) in [6.07, 6.45) is 0. The molecule has 0 saturated carbocycles. The molecule has 1 amide bonds. The Morgan fingerprint density at radius 2 is 2.07 bits per heavy atom. The van der Waals surface area contributed by atoms with Crippen molar-refractivity contribution in [3.05, 3.63) is 23.8 Å². The van der Waals surface area contributed by atoms with Crippen molar-refractivity contribution in [1.29, 1.82) is 0 Å². The van der Waals surface area contributed by atoms with Crippen LogP contribution in [0.5, 0.6) is 0 Å². The number of carbonyl (C=O) groups excluding carboxylic acids is 2. The van der Waals surface area contributed by atoms with Gasteiger partial charge in [0.25, 0.3) is 0 Å². The van der Waals surface area contributed by atoms with Gasteiger partial charge in [-0.3, -0.25) is 4.79 Å². The molecule has 4 nitrogen and oxygen atoms in total. The molecule has 0 heterocycles. The van der Waals surface area contributed by atoms with Gasteiger partial charge in [-0.15, -0.1) is 0 Å². The molecule has 0 atom stereocenters. The summed E-state index contributed by atoms with van der Waals surface area (Å²) < 4.78 is 4.53. The quantitative estimate of drug-likeness (QED) is 0.552. The van der Waals surface area contributed by atoms with E-state index in [2.05, 4.69) is 10.1 Å². The lowest BCUT2D eigenvalue weighted by atomic mass is 9.92. The van der Waals surface area contributed by atoms with Gasteiger partial charge in [0.15, 0.2) is 0 Å². The molecule has 2 radical (unpaired) electrons. The molecule has 1 rings (SSSR count). The maximum atomic E-state index is 11.1. The summed E-state index contributed by atoms with van der Waals surface area (Å²) in [5.74, 6) is -0.677. The van der Waals surface area contributed by atoms with E-state index in [4.69, 9.17) is 7.85 Å². The van der Waals surface area contributed by atoms with Crippen molar-refractivity contribution >= 4 is 30.9 Å². The number of benzene rings is 1. The van der Waals surface area contributed by atoms with Crippen molar-refractivity contribution in [2.24, 2.45) is 0 Å². The minimum absolute atomic E-state index is 0.215. The van der Waals surface area contributed by atoms with Gasteiger partial charge >= 0.3 is 5.97 Å². The van der Waals surface area contributed by atoms with Crippen molar-refractivity contribution in [1.82, 2.24) is 0 Å². The molecule has 1 aromatic carbocycles. The van der Waals surface area contributed by atoms with E-state index in [1.54, 1.807) is 6.07 Å². The smallest absolute Gasteiger partial charge is 0.337 e. The van der Waals surface area contributed by atoms with E-state index < -0.39 is 5.97 Å². The molecule has 0 aliphatic heterocycles. The number of nitrogens with one attached hydrogen (secondary N) is 1. The van der Waals surface area contributed by atoms with E-state index in [0.717, 1.165) is 0 Å². The van der Waals surface area contributed by atoms with Gasteiger partial charge < -0.3 is 10.1 Å². The van der Waals surface area contributed by atoms with Gasteiger partial charge in [-0.25, -0.2) is 4.79 Å². The summed E-state index contributed by atoms with van der Waals surface area (Å²) in [4.78, 5) is 21.9. The Hall–Kier alpha value is -1.78. The van der Waals surface area contributed by atoms with E-state index >= 15 is 0 Å². The second-order valence-electron chi connectivity index (χ2n) is 2.97. The van der Waals surface area contributed by atoms with Crippen LogP contribution in [0.25, 0.3) is 0 Å². The molecular formula is C10H10BNO3. The van der Waals surface area contributed by atoms with E-state index in [0.29, 0.717) is 16.7 Å². The van der Waals surface area contributed by atoms with Gasteiger partial charge in [0, 0.05) is 12.6 Å². The van der Waals surface area contributed by atoms with Gasteiger partial charge in [0.2, 0.25) is 5.91 Å².